The van der Waals surface area contributed by atoms with Crippen molar-refractivity contribution in [2.75, 3.05) is 9.80 Å². The maximum atomic E-state index is 6.59. The first-order valence-electron chi connectivity index (χ1n) is 27.1. The predicted octanol–water partition coefficient (Wildman–Crippen LogP) is 17.8. The molecule has 0 spiro atoms. The van der Waals surface area contributed by atoms with Crippen LogP contribution in [0.2, 0.25) is 0 Å². The molecule has 0 fully saturated rings. The van der Waals surface area contributed by atoms with Crippen molar-refractivity contribution in [2.45, 2.75) is 104 Å². The summed E-state index contributed by atoms with van der Waals surface area (Å²) < 4.78 is 13.2. The van der Waals surface area contributed by atoms with E-state index in [0.29, 0.717) is 0 Å². The van der Waals surface area contributed by atoms with Gasteiger partial charge < -0.3 is 18.6 Å². The van der Waals surface area contributed by atoms with Gasteiger partial charge in [0.05, 0.1) is 0 Å². The monoisotopic (exact) mass is 974 g/mol. The Labute approximate surface area is 441 Å². The zero-order valence-corrected chi connectivity index (χ0v) is 44.9. The minimum absolute atomic E-state index is 0.00315. The number of anilines is 6. The number of rotatable bonds is 4. The van der Waals surface area contributed by atoms with Crippen molar-refractivity contribution in [3.05, 3.63) is 198 Å². The van der Waals surface area contributed by atoms with Crippen LogP contribution >= 0.6 is 0 Å². The molecule has 3 aliphatic rings. The summed E-state index contributed by atoms with van der Waals surface area (Å²) in [6.45, 7) is 24.0. The molecule has 0 N–H and O–H groups in total. The van der Waals surface area contributed by atoms with Crippen LogP contribution in [0.25, 0.3) is 66.1 Å². The Balaban J connectivity index is 1.01. The predicted molar refractivity (Wildman–Crippen MR) is 319 cm³/mol. The van der Waals surface area contributed by atoms with E-state index in [1.807, 2.05) is 6.07 Å². The van der Waals surface area contributed by atoms with Gasteiger partial charge in [-0.2, -0.15) is 0 Å². The Morgan fingerprint density at radius 3 is 1.35 bits per heavy atom. The van der Waals surface area contributed by atoms with Crippen molar-refractivity contribution in [1.29, 1.82) is 0 Å². The van der Waals surface area contributed by atoms with Crippen LogP contribution in [-0.2, 0) is 21.7 Å². The van der Waals surface area contributed by atoms with Crippen LogP contribution in [0.15, 0.2) is 185 Å². The van der Waals surface area contributed by atoms with E-state index in [0.717, 1.165) is 90.3 Å². The van der Waals surface area contributed by atoms with E-state index in [1.54, 1.807) is 0 Å². The van der Waals surface area contributed by atoms with Gasteiger partial charge in [-0.25, -0.2) is 0 Å². The highest BCUT2D eigenvalue weighted by Crippen LogP contribution is 2.52. The number of para-hydroxylation sites is 4. The molecule has 0 bridgehead atoms. The molecule has 5 heteroatoms. The van der Waals surface area contributed by atoms with E-state index in [-0.39, 0.29) is 28.4 Å². The third-order valence-corrected chi connectivity index (χ3v) is 17.5. The molecule has 2 aromatic heterocycles. The summed E-state index contributed by atoms with van der Waals surface area (Å²) in [6.07, 6.45) is 2.29. The molecule has 0 saturated heterocycles. The summed E-state index contributed by atoms with van der Waals surface area (Å²) in [4.78, 5) is 5.21. The van der Waals surface area contributed by atoms with E-state index in [1.165, 1.54) is 61.4 Å². The standard InChI is InChI=1S/C70H63BN2O2/c1-67(2,3)44-29-34-56-58(37-44)72(46-30-25-42(26-31-46)48-19-15-21-52-50-17-11-13-23-62(50)74-65(48)52)60-38-45(68(4,5)6)39-61-64(60)71(56)57-40-54-55(70(9,10)36-35-69(54,7)8)41-59(57)73(61)47-32-27-43(28-33-47)49-20-16-22-53-51-18-12-14-24-63(51)75-66(49)53/h11-34,37-41H,35-36H2,1-10H3. The molecule has 0 saturated carbocycles. The second kappa shape index (κ2) is 15.9. The molecule has 4 nitrogen and oxygen atoms in total. The van der Waals surface area contributed by atoms with Crippen molar-refractivity contribution in [3.8, 4) is 22.3 Å². The third kappa shape index (κ3) is 6.96. The maximum Gasteiger partial charge on any atom is 0.252 e. The number of nitrogens with zero attached hydrogens (tertiary/aromatic N) is 2. The smallest absolute Gasteiger partial charge is 0.252 e. The summed E-state index contributed by atoms with van der Waals surface area (Å²) in [5, 5.41) is 4.56. The fraction of sp³-hybridized carbons (Fsp3) is 0.229. The summed E-state index contributed by atoms with van der Waals surface area (Å²) >= 11 is 0. The fourth-order valence-corrected chi connectivity index (χ4v) is 13.0. The van der Waals surface area contributed by atoms with Crippen molar-refractivity contribution >= 4 is 101 Å². The molecule has 1 aliphatic carbocycles. The molecular weight excluding hydrogens is 912 g/mol. The van der Waals surface area contributed by atoms with E-state index in [2.05, 4.69) is 249 Å². The molecule has 11 aromatic rings. The molecule has 14 rings (SSSR count). The number of fused-ring (bicyclic) bond motifs is 11. The van der Waals surface area contributed by atoms with Gasteiger partial charge in [-0.05, 0) is 145 Å². The lowest BCUT2D eigenvalue weighted by atomic mass is 9.33. The van der Waals surface area contributed by atoms with E-state index >= 15 is 0 Å². The van der Waals surface area contributed by atoms with Crippen molar-refractivity contribution in [1.82, 2.24) is 0 Å². The van der Waals surface area contributed by atoms with Crippen LogP contribution in [0.5, 0.6) is 0 Å². The van der Waals surface area contributed by atoms with Crippen LogP contribution in [0.4, 0.5) is 34.1 Å². The van der Waals surface area contributed by atoms with Gasteiger partial charge in [0.2, 0.25) is 0 Å². The number of benzene rings is 9. The van der Waals surface area contributed by atoms with Gasteiger partial charge >= 0.3 is 0 Å². The van der Waals surface area contributed by atoms with Gasteiger partial charge in [-0.3, -0.25) is 0 Å². The van der Waals surface area contributed by atoms with Crippen molar-refractivity contribution < 1.29 is 8.83 Å². The Morgan fingerprint density at radius 1 is 0.413 bits per heavy atom. The number of hydrogen-bond acceptors (Lipinski definition) is 4. The van der Waals surface area contributed by atoms with Gasteiger partial charge in [-0.15, -0.1) is 0 Å². The largest absolute Gasteiger partial charge is 0.455 e. The first-order valence-corrected chi connectivity index (χ1v) is 27.1. The molecule has 4 heterocycles. The van der Waals surface area contributed by atoms with E-state index in [9.17, 15) is 0 Å². The normalized spacial score (nSPS) is 15.6. The lowest BCUT2D eigenvalue weighted by molar-refractivity contribution is 0.332. The summed E-state index contributed by atoms with van der Waals surface area (Å²) in [7, 11) is 0. The highest BCUT2D eigenvalue weighted by molar-refractivity contribution is 7.00. The van der Waals surface area contributed by atoms with Crippen molar-refractivity contribution in [3.63, 3.8) is 0 Å². The average Bonchev–Trinajstić information content (AvgIpc) is 4.12. The lowest BCUT2D eigenvalue weighted by Crippen LogP contribution is -2.62. The SMILES string of the molecule is CC(C)(C)c1ccc2c(c1)N(c1ccc(-c3cccc4c3oc3ccccc34)cc1)c1cc(C(C)(C)C)cc3c1B2c1cc2c(cc1N3c1ccc(-c3cccc4c3oc3ccccc34)cc1)C(C)(C)CCC2(C)C. The molecule has 0 radical (unpaired) electrons. The molecule has 0 amide bonds. The fourth-order valence-electron chi connectivity index (χ4n) is 13.0. The van der Waals surface area contributed by atoms with Gasteiger partial charge in [0.25, 0.3) is 6.71 Å². The Kier molecular flexibility index (Phi) is 9.71. The van der Waals surface area contributed by atoms with Gasteiger partial charge in [-0.1, -0.05) is 184 Å². The van der Waals surface area contributed by atoms with Gasteiger partial charge in [0.1, 0.15) is 22.3 Å². The first kappa shape index (κ1) is 45.8. The molecule has 9 aromatic carbocycles. The summed E-state index contributed by atoms with van der Waals surface area (Å²) in [5.41, 5.74) is 24.8. The van der Waals surface area contributed by atoms with Crippen LogP contribution in [-0.4, -0.2) is 6.71 Å². The van der Waals surface area contributed by atoms with Crippen LogP contribution in [0.1, 0.15) is 104 Å². The van der Waals surface area contributed by atoms with Crippen LogP contribution in [0.3, 0.4) is 0 Å². The van der Waals surface area contributed by atoms with Crippen LogP contribution < -0.4 is 26.2 Å². The second-order valence-electron chi connectivity index (χ2n) is 25.2. The topological polar surface area (TPSA) is 32.8 Å². The summed E-state index contributed by atoms with van der Waals surface area (Å²) in [6, 6.07) is 66.0. The Morgan fingerprint density at radius 2 is 0.853 bits per heavy atom. The zero-order valence-electron chi connectivity index (χ0n) is 44.9. The average molecular weight is 975 g/mol. The highest BCUT2D eigenvalue weighted by Gasteiger charge is 2.47. The van der Waals surface area contributed by atoms with Crippen LogP contribution in [0, 0.1) is 0 Å². The number of hydrogen-bond donors (Lipinski definition) is 0. The highest BCUT2D eigenvalue weighted by atomic mass is 16.3. The first-order chi connectivity index (χ1) is 35.9. The molecule has 2 aliphatic heterocycles. The number of furan rings is 2. The molecule has 0 atom stereocenters. The van der Waals surface area contributed by atoms with Crippen molar-refractivity contribution in [2.24, 2.45) is 0 Å². The van der Waals surface area contributed by atoms with Gasteiger partial charge in [0, 0.05) is 66.8 Å². The molecule has 0 unspecified atom stereocenters. The van der Waals surface area contributed by atoms with Gasteiger partial charge in [0.15, 0.2) is 0 Å². The zero-order chi connectivity index (χ0) is 51.5. The second-order valence-corrected chi connectivity index (χ2v) is 25.2. The minimum atomic E-state index is -0.154. The minimum Gasteiger partial charge on any atom is -0.455 e. The molecular formula is C70H63BN2O2. The third-order valence-electron chi connectivity index (χ3n) is 17.5. The quantitative estimate of drug-likeness (QED) is 0.165. The Bertz CT molecular complexity index is 4140. The molecule has 75 heavy (non-hydrogen) atoms. The Hall–Kier alpha value is -7.76. The maximum absolute atomic E-state index is 6.59. The molecule has 368 valence electrons. The van der Waals surface area contributed by atoms with E-state index < -0.39 is 0 Å². The summed E-state index contributed by atoms with van der Waals surface area (Å²) in [5.74, 6) is 0. The lowest BCUT2D eigenvalue weighted by Gasteiger charge is -2.48. The van der Waals surface area contributed by atoms with E-state index in [4.69, 9.17) is 8.83 Å².